The summed E-state index contributed by atoms with van der Waals surface area (Å²) in [7, 11) is -0.722. The van der Waals surface area contributed by atoms with Crippen LogP contribution in [-0.4, -0.2) is 47.7 Å². The Bertz CT molecular complexity index is 628. The third-order valence-corrected chi connectivity index (χ3v) is 4.65. The van der Waals surface area contributed by atoms with Crippen molar-refractivity contribution in [2.24, 2.45) is 0 Å². The van der Waals surface area contributed by atoms with Crippen LogP contribution in [0.2, 0.25) is 0 Å². The summed E-state index contributed by atoms with van der Waals surface area (Å²) < 4.78 is 48.3. The van der Waals surface area contributed by atoms with Gasteiger partial charge in [-0.15, -0.1) is 0 Å². The molecule has 1 N–H and O–H groups in total. The minimum Gasteiger partial charge on any atom is -0.493 e. The SMILES string of the molecule is COc1ccc(S(=O)(=O)NCC2COC(C)(C)O2)cc1OC. The molecule has 22 heavy (non-hydrogen) atoms. The average Bonchev–Trinajstić information content (AvgIpc) is 2.84. The third kappa shape index (κ3) is 3.89. The van der Waals surface area contributed by atoms with Crippen LogP contribution in [-0.2, 0) is 19.5 Å². The summed E-state index contributed by atoms with van der Waals surface area (Å²) in [5, 5.41) is 0. The molecule has 1 aromatic rings. The minimum absolute atomic E-state index is 0.100. The largest absolute Gasteiger partial charge is 0.493 e. The molecule has 1 saturated heterocycles. The molecule has 1 atom stereocenters. The van der Waals surface area contributed by atoms with Crippen LogP contribution in [0.4, 0.5) is 0 Å². The van der Waals surface area contributed by atoms with E-state index in [-0.39, 0.29) is 17.5 Å². The first-order chi connectivity index (χ1) is 10.3. The lowest BCUT2D eigenvalue weighted by atomic mass is 10.3. The molecule has 0 aromatic heterocycles. The van der Waals surface area contributed by atoms with Gasteiger partial charge in [0.1, 0.15) is 0 Å². The van der Waals surface area contributed by atoms with Crippen molar-refractivity contribution < 1.29 is 27.4 Å². The first-order valence-corrected chi connectivity index (χ1v) is 8.29. The van der Waals surface area contributed by atoms with Crippen LogP contribution >= 0.6 is 0 Å². The van der Waals surface area contributed by atoms with Gasteiger partial charge in [0, 0.05) is 12.6 Å². The second kappa shape index (κ2) is 6.41. The van der Waals surface area contributed by atoms with Crippen LogP contribution in [0.3, 0.4) is 0 Å². The molecule has 0 aliphatic carbocycles. The van der Waals surface area contributed by atoms with Gasteiger partial charge in [0.2, 0.25) is 10.0 Å². The average molecular weight is 331 g/mol. The van der Waals surface area contributed by atoms with Crippen LogP contribution in [0.5, 0.6) is 11.5 Å². The number of benzene rings is 1. The molecule has 124 valence electrons. The monoisotopic (exact) mass is 331 g/mol. The molecule has 1 aromatic carbocycles. The van der Waals surface area contributed by atoms with E-state index in [1.807, 2.05) is 0 Å². The predicted octanol–water partition coefficient (Wildman–Crippen LogP) is 1.13. The zero-order valence-electron chi connectivity index (χ0n) is 13.1. The number of methoxy groups -OCH3 is 2. The highest BCUT2D eigenvalue weighted by Crippen LogP contribution is 2.29. The summed E-state index contributed by atoms with van der Waals surface area (Å²) in [5.74, 6) is 0.141. The van der Waals surface area contributed by atoms with Crippen molar-refractivity contribution in [3.8, 4) is 11.5 Å². The minimum atomic E-state index is -3.66. The molecule has 2 rings (SSSR count). The fourth-order valence-electron chi connectivity index (χ4n) is 2.13. The van der Waals surface area contributed by atoms with Gasteiger partial charge in [-0.1, -0.05) is 0 Å². The van der Waals surface area contributed by atoms with E-state index in [1.54, 1.807) is 19.9 Å². The Morgan fingerprint density at radius 1 is 1.27 bits per heavy atom. The Morgan fingerprint density at radius 3 is 2.50 bits per heavy atom. The number of nitrogens with one attached hydrogen (secondary N) is 1. The van der Waals surface area contributed by atoms with E-state index in [4.69, 9.17) is 18.9 Å². The van der Waals surface area contributed by atoms with Crippen LogP contribution in [0.25, 0.3) is 0 Å². The van der Waals surface area contributed by atoms with Crippen molar-refractivity contribution >= 4 is 10.0 Å². The molecule has 1 aliphatic rings. The van der Waals surface area contributed by atoms with E-state index in [0.29, 0.717) is 18.1 Å². The number of sulfonamides is 1. The van der Waals surface area contributed by atoms with E-state index in [1.165, 1.54) is 26.4 Å². The highest BCUT2D eigenvalue weighted by Gasteiger charge is 2.33. The van der Waals surface area contributed by atoms with Gasteiger partial charge in [0.15, 0.2) is 17.3 Å². The Hall–Kier alpha value is -1.35. The molecule has 1 fully saturated rings. The van der Waals surface area contributed by atoms with Gasteiger partial charge >= 0.3 is 0 Å². The molecular formula is C14H21NO6S. The number of hydrogen-bond donors (Lipinski definition) is 1. The predicted molar refractivity (Wildman–Crippen MR) is 79.6 cm³/mol. The number of rotatable bonds is 6. The molecule has 7 nitrogen and oxygen atoms in total. The maximum absolute atomic E-state index is 12.3. The fourth-order valence-corrected chi connectivity index (χ4v) is 3.21. The number of hydrogen-bond acceptors (Lipinski definition) is 6. The molecule has 0 bridgehead atoms. The topological polar surface area (TPSA) is 83.1 Å². The molecular weight excluding hydrogens is 310 g/mol. The first-order valence-electron chi connectivity index (χ1n) is 6.81. The van der Waals surface area contributed by atoms with Crippen LogP contribution < -0.4 is 14.2 Å². The smallest absolute Gasteiger partial charge is 0.240 e. The highest BCUT2D eigenvalue weighted by molar-refractivity contribution is 7.89. The summed E-state index contributed by atoms with van der Waals surface area (Å²) >= 11 is 0. The van der Waals surface area contributed by atoms with E-state index in [0.717, 1.165) is 0 Å². The highest BCUT2D eigenvalue weighted by atomic mass is 32.2. The standard InChI is InChI=1S/C14H21NO6S/c1-14(2)20-9-10(21-14)8-15-22(16,17)11-5-6-12(18-3)13(7-11)19-4/h5-7,10,15H,8-9H2,1-4H3. The maximum atomic E-state index is 12.3. The van der Waals surface area contributed by atoms with Crippen LogP contribution in [0.15, 0.2) is 23.1 Å². The second-order valence-electron chi connectivity index (χ2n) is 5.32. The van der Waals surface area contributed by atoms with Gasteiger partial charge in [-0.2, -0.15) is 0 Å². The zero-order chi connectivity index (χ0) is 16.4. The maximum Gasteiger partial charge on any atom is 0.240 e. The third-order valence-electron chi connectivity index (χ3n) is 3.23. The normalized spacial score (nSPS) is 20.8. The van der Waals surface area contributed by atoms with Crippen molar-refractivity contribution in [1.82, 2.24) is 4.72 Å². The van der Waals surface area contributed by atoms with E-state index >= 15 is 0 Å². The summed E-state index contributed by atoms with van der Waals surface area (Å²) in [6.45, 7) is 4.06. The lowest BCUT2D eigenvalue weighted by Gasteiger charge is -2.17. The lowest BCUT2D eigenvalue weighted by molar-refractivity contribution is -0.137. The molecule has 1 aliphatic heterocycles. The van der Waals surface area contributed by atoms with Crippen molar-refractivity contribution in [1.29, 1.82) is 0 Å². The van der Waals surface area contributed by atoms with E-state index < -0.39 is 15.8 Å². The summed E-state index contributed by atoms with van der Waals surface area (Å²) in [5.41, 5.74) is 0. The van der Waals surface area contributed by atoms with Crippen molar-refractivity contribution in [3.05, 3.63) is 18.2 Å². The van der Waals surface area contributed by atoms with Crippen LogP contribution in [0, 0.1) is 0 Å². The lowest BCUT2D eigenvalue weighted by Crippen LogP contribution is -2.34. The molecule has 1 heterocycles. The van der Waals surface area contributed by atoms with Crippen LogP contribution in [0.1, 0.15) is 13.8 Å². The molecule has 1 unspecified atom stereocenters. The molecule has 0 radical (unpaired) electrons. The Labute approximate surface area is 130 Å². The first kappa shape index (κ1) is 17.0. The van der Waals surface area contributed by atoms with Gasteiger partial charge in [-0.05, 0) is 26.0 Å². The Morgan fingerprint density at radius 2 is 1.95 bits per heavy atom. The molecule has 0 saturated carbocycles. The Balaban J connectivity index is 2.07. The van der Waals surface area contributed by atoms with Gasteiger partial charge in [-0.25, -0.2) is 13.1 Å². The summed E-state index contributed by atoms with van der Waals surface area (Å²) in [6.07, 6.45) is -0.315. The number of ether oxygens (including phenoxy) is 4. The van der Waals surface area contributed by atoms with Gasteiger partial charge in [0.25, 0.3) is 0 Å². The molecule has 0 amide bonds. The van der Waals surface area contributed by atoms with Gasteiger partial charge in [0.05, 0.1) is 31.8 Å². The summed E-state index contributed by atoms with van der Waals surface area (Å²) in [4.78, 5) is 0.100. The van der Waals surface area contributed by atoms with E-state index in [2.05, 4.69) is 4.72 Å². The van der Waals surface area contributed by atoms with E-state index in [9.17, 15) is 8.42 Å². The Kier molecular flexibility index (Phi) is 4.96. The summed E-state index contributed by atoms with van der Waals surface area (Å²) in [6, 6.07) is 4.42. The van der Waals surface area contributed by atoms with Crippen molar-refractivity contribution in [2.75, 3.05) is 27.4 Å². The quantitative estimate of drug-likeness (QED) is 0.841. The second-order valence-corrected chi connectivity index (χ2v) is 7.09. The molecule has 0 spiro atoms. The van der Waals surface area contributed by atoms with Gasteiger partial charge < -0.3 is 18.9 Å². The fraction of sp³-hybridized carbons (Fsp3) is 0.571. The van der Waals surface area contributed by atoms with Crippen molar-refractivity contribution in [2.45, 2.75) is 30.6 Å². The molecule has 8 heteroatoms. The van der Waals surface area contributed by atoms with Gasteiger partial charge in [-0.3, -0.25) is 0 Å². The van der Waals surface area contributed by atoms with Crippen molar-refractivity contribution in [3.63, 3.8) is 0 Å². The zero-order valence-corrected chi connectivity index (χ0v) is 13.9.